The van der Waals surface area contributed by atoms with E-state index in [4.69, 9.17) is 9.94 Å². The zero-order valence-corrected chi connectivity index (χ0v) is 13.9. The lowest BCUT2D eigenvalue weighted by Gasteiger charge is -2.24. The molecule has 1 saturated carbocycles. The summed E-state index contributed by atoms with van der Waals surface area (Å²) in [5.41, 5.74) is 1.50. The van der Waals surface area contributed by atoms with Gasteiger partial charge in [0.25, 0.3) is 5.91 Å². The van der Waals surface area contributed by atoms with Gasteiger partial charge in [-0.2, -0.15) is 4.31 Å². The topological polar surface area (TPSA) is 95.9 Å². The number of ether oxygens (including phenoxy) is 1. The van der Waals surface area contributed by atoms with E-state index in [0.29, 0.717) is 5.75 Å². The van der Waals surface area contributed by atoms with Crippen LogP contribution in [-0.4, -0.2) is 44.0 Å². The van der Waals surface area contributed by atoms with Crippen LogP contribution in [0.15, 0.2) is 29.2 Å². The third-order valence-electron chi connectivity index (χ3n) is 4.08. The predicted molar refractivity (Wildman–Crippen MR) is 83.6 cm³/mol. The smallest absolute Gasteiger partial charge is 0.258 e. The van der Waals surface area contributed by atoms with Crippen molar-refractivity contribution < 1.29 is 23.2 Å². The molecule has 0 heterocycles. The van der Waals surface area contributed by atoms with E-state index >= 15 is 0 Å². The number of amides is 1. The van der Waals surface area contributed by atoms with E-state index in [9.17, 15) is 13.2 Å². The first-order chi connectivity index (χ1) is 11.0. The Bertz CT molecular complexity index is 624. The lowest BCUT2D eigenvalue weighted by atomic mass is 10.1. The average Bonchev–Trinajstić information content (AvgIpc) is 3.07. The SMILES string of the molecule is COc1ccc(S(=O)(=O)N(CC(=O)NO)CC2CCCC2)cc1. The van der Waals surface area contributed by atoms with Crippen molar-refractivity contribution in [3.63, 3.8) is 0 Å². The summed E-state index contributed by atoms with van der Waals surface area (Å²) in [6.07, 6.45) is 4.06. The van der Waals surface area contributed by atoms with E-state index in [2.05, 4.69) is 0 Å². The van der Waals surface area contributed by atoms with Gasteiger partial charge in [0.1, 0.15) is 5.75 Å². The van der Waals surface area contributed by atoms with E-state index in [1.54, 1.807) is 12.1 Å². The first kappa shape index (κ1) is 17.7. The summed E-state index contributed by atoms with van der Waals surface area (Å²) in [6.45, 7) is -0.122. The van der Waals surface area contributed by atoms with Crippen LogP contribution in [0, 0.1) is 5.92 Å². The molecule has 128 valence electrons. The molecule has 0 radical (unpaired) electrons. The molecular weight excluding hydrogens is 320 g/mol. The van der Waals surface area contributed by atoms with Gasteiger partial charge in [0.05, 0.1) is 18.6 Å². The summed E-state index contributed by atoms with van der Waals surface area (Å²) in [5.74, 6) is 0.0500. The Balaban J connectivity index is 2.24. The van der Waals surface area contributed by atoms with Crippen molar-refractivity contribution in [1.82, 2.24) is 9.79 Å². The lowest BCUT2D eigenvalue weighted by molar-refractivity contribution is -0.129. The van der Waals surface area contributed by atoms with Crippen LogP contribution in [0.25, 0.3) is 0 Å². The minimum absolute atomic E-state index is 0.0991. The number of carbonyl (C=O) groups excluding carboxylic acids is 1. The Labute approximate surface area is 136 Å². The minimum Gasteiger partial charge on any atom is -0.497 e. The second-order valence-corrected chi connectivity index (χ2v) is 7.60. The maximum Gasteiger partial charge on any atom is 0.258 e. The summed E-state index contributed by atoms with van der Waals surface area (Å²) in [5, 5.41) is 8.71. The number of hydrogen-bond donors (Lipinski definition) is 2. The van der Waals surface area contributed by atoms with E-state index < -0.39 is 22.5 Å². The number of benzene rings is 1. The highest BCUT2D eigenvalue weighted by Gasteiger charge is 2.30. The van der Waals surface area contributed by atoms with Gasteiger partial charge in [0.2, 0.25) is 10.0 Å². The van der Waals surface area contributed by atoms with E-state index in [-0.39, 0.29) is 17.4 Å². The number of carbonyl (C=O) groups is 1. The third kappa shape index (κ3) is 4.43. The van der Waals surface area contributed by atoms with Crippen LogP contribution < -0.4 is 10.2 Å². The number of sulfonamides is 1. The van der Waals surface area contributed by atoms with Crippen LogP contribution in [0.2, 0.25) is 0 Å². The maximum atomic E-state index is 12.8. The van der Waals surface area contributed by atoms with Crippen LogP contribution in [0.3, 0.4) is 0 Å². The highest BCUT2D eigenvalue weighted by Crippen LogP contribution is 2.28. The molecule has 2 N–H and O–H groups in total. The Morgan fingerprint density at radius 2 is 1.91 bits per heavy atom. The molecule has 23 heavy (non-hydrogen) atoms. The molecule has 0 aromatic heterocycles. The Kier molecular flexibility index (Phi) is 5.97. The molecule has 0 unspecified atom stereocenters. The average molecular weight is 342 g/mol. The summed E-state index contributed by atoms with van der Waals surface area (Å²) < 4.78 is 31.8. The van der Waals surface area contributed by atoms with Crippen molar-refractivity contribution in [2.24, 2.45) is 5.92 Å². The Morgan fingerprint density at radius 1 is 1.30 bits per heavy atom. The van der Waals surface area contributed by atoms with Crippen molar-refractivity contribution >= 4 is 15.9 Å². The van der Waals surface area contributed by atoms with Crippen LogP contribution in [0.4, 0.5) is 0 Å². The molecule has 0 saturated heterocycles. The van der Waals surface area contributed by atoms with Gasteiger partial charge in [-0.3, -0.25) is 10.0 Å². The first-order valence-electron chi connectivity index (χ1n) is 7.54. The third-order valence-corrected chi connectivity index (χ3v) is 5.90. The monoisotopic (exact) mass is 342 g/mol. The molecule has 0 aliphatic heterocycles. The van der Waals surface area contributed by atoms with Gasteiger partial charge in [-0.05, 0) is 43.0 Å². The largest absolute Gasteiger partial charge is 0.497 e. The molecule has 1 fully saturated rings. The van der Waals surface area contributed by atoms with Crippen molar-refractivity contribution in [3.05, 3.63) is 24.3 Å². The van der Waals surface area contributed by atoms with Crippen molar-refractivity contribution in [1.29, 1.82) is 0 Å². The molecule has 1 aromatic rings. The van der Waals surface area contributed by atoms with Crippen molar-refractivity contribution in [3.8, 4) is 5.75 Å². The van der Waals surface area contributed by atoms with Gasteiger partial charge in [0.15, 0.2) is 0 Å². The molecular formula is C15H22N2O5S. The van der Waals surface area contributed by atoms with Gasteiger partial charge < -0.3 is 4.74 Å². The number of nitrogens with one attached hydrogen (secondary N) is 1. The van der Waals surface area contributed by atoms with Crippen LogP contribution >= 0.6 is 0 Å². The summed E-state index contributed by atoms with van der Waals surface area (Å²) in [4.78, 5) is 11.6. The zero-order chi connectivity index (χ0) is 16.9. The molecule has 0 atom stereocenters. The maximum absolute atomic E-state index is 12.8. The predicted octanol–water partition coefficient (Wildman–Crippen LogP) is 1.38. The van der Waals surface area contributed by atoms with Gasteiger partial charge in [-0.15, -0.1) is 0 Å². The van der Waals surface area contributed by atoms with E-state index in [0.717, 1.165) is 30.0 Å². The Morgan fingerprint density at radius 3 is 2.43 bits per heavy atom. The highest BCUT2D eigenvalue weighted by molar-refractivity contribution is 7.89. The number of nitrogens with zero attached hydrogens (tertiary/aromatic N) is 1. The molecule has 0 spiro atoms. The van der Waals surface area contributed by atoms with Gasteiger partial charge in [-0.1, -0.05) is 12.8 Å². The summed E-state index contributed by atoms with van der Waals surface area (Å²) >= 11 is 0. The molecule has 1 amide bonds. The van der Waals surface area contributed by atoms with Gasteiger partial charge >= 0.3 is 0 Å². The zero-order valence-electron chi connectivity index (χ0n) is 13.1. The van der Waals surface area contributed by atoms with E-state index in [1.165, 1.54) is 24.7 Å². The number of rotatable bonds is 7. The van der Waals surface area contributed by atoms with E-state index in [1.807, 2.05) is 0 Å². The second-order valence-electron chi connectivity index (χ2n) is 5.66. The van der Waals surface area contributed by atoms with Crippen LogP contribution in [0.1, 0.15) is 25.7 Å². The minimum atomic E-state index is -3.81. The van der Waals surface area contributed by atoms with Gasteiger partial charge in [-0.25, -0.2) is 13.9 Å². The molecule has 2 rings (SSSR count). The molecule has 7 nitrogen and oxygen atoms in total. The number of hydroxylamine groups is 1. The number of methoxy groups -OCH3 is 1. The summed E-state index contributed by atoms with van der Waals surface area (Å²) in [7, 11) is -2.31. The van der Waals surface area contributed by atoms with Crippen LogP contribution in [0.5, 0.6) is 5.75 Å². The fourth-order valence-corrected chi connectivity index (χ4v) is 4.29. The molecule has 1 aromatic carbocycles. The second kappa shape index (κ2) is 7.76. The Hall–Kier alpha value is -1.64. The van der Waals surface area contributed by atoms with Crippen molar-refractivity contribution in [2.45, 2.75) is 30.6 Å². The molecule has 8 heteroatoms. The molecule has 0 bridgehead atoms. The lowest BCUT2D eigenvalue weighted by Crippen LogP contribution is -2.42. The fraction of sp³-hybridized carbons (Fsp3) is 0.533. The highest BCUT2D eigenvalue weighted by atomic mass is 32.2. The summed E-state index contributed by atoms with van der Waals surface area (Å²) in [6, 6.07) is 6.03. The standard InChI is InChI=1S/C15H22N2O5S/c1-22-13-6-8-14(9-7-13)23(20,21)17(11-15(18)16-19)10-12-4-2-3-5-12/h6-9,12,19H,2-5,10-11H2,1H3,(H,16,18). The normalized spacial score (nSPS) is 15.8. The van der Waals surface area contributed by atoms with Crippen LogP contribution in [-0.2, 0) is 14.8 Å². The number of hydrogen-bond acceptors (Lipinski definition) is 5. The van der Waals surface area contributed by atoms with Crippen molar-refractivity contribution in [2.75, 3.05) is 20.2 Å². The quantitative estimate of drug-likeness (QED) is 0.576. The van der Waals surface area contributed by atoms with Gasteiger partial charge in [0, 0.05) is 6.54 Å². The molecule has 1 aliphatic carbocycles. The first-order valence-corrected chi connectivity index (χ1v) is 8.98. The molecule has 1 aliphatic rings. The fourth-order valence-electron chi connectivity index (χ4n) is 2.82.